The molecule has 20 heavy (non-hydrogen) atoms. The van der Waals surface area contributed by atoms with E-state index in [0.717, 1.165) is 11.5 Å². The molecule has 0 saturated carbocycles. The molecule has 12 heteroatoms. The fraction of sp³-hybridized carbons (Fsp3) is 1.00. The lowest BCUT2D eigenvalue weighted by atomic mass is 10.1. The highest BCUT2D eigenvalue weighted by atomic mass is 32.5. The molecule has 1 atom stereocenters. The molecule has 0 fully saturated rings. The van der Waals surface area contributed by atoms with Gasteiger partial charge in [0.15, 0.2) is 0 Å². The van der Waals surface area contributed by atoms with E-state index in [4.69, 9.17) is 29.4 Å². The molecular formula is C8H24O7P2S3. The largest absolute Gasteiger partial charge is 0.325 e. The van der Waals surface area contributed by atoms with Crippen molar-refractivity contribution in [2.45, 2.75) is 33.6 Å². The Bertz CT molecular complexity index is 300. The second kappa shape index (κ2) is 13.8. The van der Waals surface area contributed by atoms with Crippen LogP contribution in [0.15, 0.2) is 0 Å². The van der Waals surface area contributed by atoms with Crippen molar-refractivity contribution in [1.82, 2.24) is 0 Å². The minimum Gasteiger partial charge on any atom is -0.325 e. The first-order chi connectivity index (χ1) is 8.74. The molecule has 0 saturated heterocycles. The Morgan fingerprint density at radius 1 is 0.900 bits per heavy atom. The molecule has 0 aliphatic rings. The fourth-order valence-electron chi connectivity index (χ4n) is 0.905. The van der Waals surface area contributed by atoms with Crippen molar-refractivity contribution in [3.63, 3.8) is 0 Å². The standard InChI is InChI=1S/C8H18OS.2H3O3PS/c1-4-8(5-2)7-10(9)6-3;2*1-4(2,3)5/h8H,4-7H2,1-3H3;2*(H3,1,2,3,5). The highest BCUT2D eigenvalue weighted by Gasteiger charge is 2.06. The summed E-state index contributed by atoms with van der Waals surface area (Å²) in [7, 11) is -0.557. The molecule has 0 amide bonds. The van der Waals surface area contributed by atoms with Crippen LogP contribution >= 0.6 is 13.4 Å². The van der Waals surface area contributed by atoms with Gasteiger partial charge in [-0.15, -0.1) is 0 Å². The Morgan fingerprint density at radius 3 is 1.30 bits per heavy atom. The minimum atomic E-state index is -3.81. The van der Waals surface area contributed by atoms with Crippen LogP contribution in [0.5, 0.6) is 0 Å². The predicted octanol–water partition coefficient (Wildman–Crippen LogP) is 0.567. The van der Waals surface area contributed by atoms with Crippen LogP contribution in [0.4, 0.5) is 0 Å². The van der Waals surface area contributed by atoms with Crippen molar-refractivity contribution in [2.24, 2.45) is 5.92 Å². The van der Waals surface area contributed by atoms with Crippen molar-refractivity contribution in [2.75, 3.05) is 11.5 Å². The normalized spacial score (nSPS) is 12.9. The Balaban J connectivity index is -0.000000244. The molecule has 126 valence electrons. The van der Waals surface area contributed by atoms with Crippen molar-refractivity contribution in [3.05, 3.63) is 0 Å². The molecule has 0 aromatic rings. The molecule has 0 aliphatic heterocycles. The summed E-state index contributed by atoms with van der Waals surface area (Å²) in [5, 5.41) is 0. The minimum absolute atomic E-state index is 0.557. The van der Waals surface area contributed by atoms with Gasteiger partial charge in [-0.1, -0.05) is 33.6 Å². The Kier molecular flexibility index (Phi) is 18.1. The number of rotatable bonds is 5. The van der Waals surface area contributed by atoms with Gasteiger partial charge in [0.05, 0.1) is 0 Å². The van der Waals surface area contributed by atoms with Crippen LogP contribution < -0.4 is 0 Å². The molecule has 0 radical (unpaired) electrons. The van der Waals surface area contributed by atoms with E-state index in [1.807, 2.05) is 6.92 Å². The summed E-state index contributed by atoms with van der Waals surface area (Å²) in [5.41, 5.74) is 0. The summed E-state index contributed by atoms with van der Waals surface area (Å²) in [4.78, 5) is 45.3. The van der Waals surface area contributed by atoms with Gasteiger partial charge < -0.3 is 29.4 Å². The molecular weight excluding hydrogens is 366 g/mol. The highest BCUT2D eigenvalue weighted by molar-refractivity contribution is 8.06. The van der Waals surface area contributed by atoms with Crippen LogP contribution in [0, 0.1) is 5.92 Å². The summed E-state index contributed by atoms with van der Waals surface area (Å²) in [6.07, 6.45) is 2.34. The zero-order chi connectivity index (χ0) is 17.0. The van der Waals surface area contributed by atoms with Crippen molar-refractivity contribution >= 4 is 47.9 Å². The van der Waals surface area contributed by atoms with E-state index in [1.165, 1.54) is 12.8 Å². The SMILES string of the molecule is CCC(CC)CS(=O)CC.OP(O)(O)=S.OP(O)(O)=S. The van der Waals surface area contributed by atoms with Crippen LogP contribution in [-0.2, 0) is 34.4 Å². The first-order valence-electron chi connectivity index (χ1n) is 5.66. The molecule has 0 bridgehead atoms. The molecule has 0 rings (SSSR count). The van der Waals surface area contributed by atoms with Gasteiger partial charge in [-0.2, -0.15) is 0 Å². The maximum atomic E-state index is 11.1. The highest BCUT2D eigenvalue weighted by Crippen LogP contribution is 2.26. The summed E-state index contributed by atoms with van der Waals surface area (Å²) in [6, 6.07) is 0. The van der Waals surface area contributed by atoms with Crippen LogP contribution in [0.2, 0.25) is 0 Å². The van der Waals surface area contributed by atoms with Crippen molar-refractivity contribution in [1.29, 1.82) is 0 Å². The summed E-state index contributed by atoms with van der Waals surface area (Å²) in [5.74, 6) is 2.40. The van der Waals surface area contributed by atoms with E-state index in [2.05, 4.69) is 37.5 Å². The Labute approximate surface area is 132 Å². The maximum Gasteiger partial charge on any atom is 0.319 e. The monoisotopic (exact) mass is 390 g/mol. The Hall–Kier alpha value is 1.21. The first-order valence-corrected chi connectivity index (χ1v) is 12.5. The first kappa shape index (κ1) is 26.1. The van der Waals surface area contributed by atoms with Crippen molar-refractivity contribution < 1.29 is 33.6 Å². The second-order valence-electron chi connectivity index (χ2n) is 3.60. The Morgan fingerprint density at radius 2 is 1.15 bits per heavy atom. The topological polar surface area (TPSA) is 138 Å². The summed E-state index contributed by atoms with van der Waals surface area (Å²) < 4.78 is 11.1. The zero-order valence-corrected chi connectivity index (χ0v) is 15.9. The molecule has 7 nitrogen and oxygen atoms in total. The lowest BCUT2D eigenvalue weighted by Gasteiger charge is -2.09. The molecule has 0 spiro atoms. The number of hydrogen-bond acceptors (Lipinski definition) is 3. The molecule has 6 N–H and O–H groups in total. The lowest BCUT2D eigenvalue weighted by molar-refractivity contribution is 0.361. The van der Waals surface area contributed by atoms with Crippen LogP contribution in [0.3, 0.4) is 0 Å². The van der Waals surface area contributed by atoms with E-state index < -0.39 is 24.2 Å². The van der Waals surface area contributed by atoms with Crippen LogP contribution in [0.25, 0.3) is 0 Å². The lowest BCUT2D eigenvalue weighted by Crippen LogP contribution is -2.10. The fourth-order valence-corrected chi connectivity index (χ4v) is 2.14. The summed E-state index contributed by atoms with van der Waals surface area (Å²) in [6.45, 7) is -1.29. The third kappa shape index (κ3) is 50.7. The van der Waals surface area contributed by atoms with Gasteiger partial charge in [0.25, 0.3) is 0 Å². The van der Waals surface area contributed by atoms with Gasteiger partial charge in [-0.05, 0) is 29.5 Å². The van der Waals surface area contributed by atoms with Gasteiger partial charge in [0, 0.05) is 22.3 Å². The van der Waals surface area contributed by atoms with E-state index >= 15 is 0 Å². The van der Waals surface area contributed by atoms with Crippen LogP contribution in [0.1, 0.15) is 33.6 Å². The third-order valence-electron chi connectivity index (χ3n) is 1.90. The second-order valence-corrected chi connectivity index (χ2v) is 10.4. The van der Waals surface area contributed by atoms with Gasteiger partial charge in [-0.3, -0.25) is 4.21 Å². The average molecular weight is 390 g/mol. The van der Waals surface area contributed by atoms with Gasteiger partial charge >= 0.3 is 13.4 Å². The third-order valence-corrected chi connectivity index (χ3v) is 3.39. The predicted molar refractivity (Wildman–Crippen MR) is 89.5 cm³/mol. The van der Waals surface area contributed by atoms with Gasteiger partial charge in [-0.25, -0.2) is 0 Å². The van der Waals surface area contributed by atoms with Crippen molar-refractivity contribution in [3.8, 4) is 0 Å². The molecule has 0 heterocycles. The van der Waals surface area contributed by atoms with Crippen LogP contribution in [-0.4, -0.2) is 45.1 Å². The average Bonchev–Trinajstić information content (AvgIpc) is 2.20. The summed E-state index contributed by atoms with van der Waals surface area (Å²) >= 11 is 7.21. The van der Waals surface area contributed by atoms with E-state index in [-0.39, 0.29) is 0 Å². The zero-order valence-electron chi connectivity index (χ0n) is 11.6. The van der Waals surface area contributed by atoms with Gasteiger partial charge in [0.2, 0.25) is 0 Å². The maximum absolute atomic E-state index is 11.1. The molecule has 0 aromatic carbocycles. The quantitative estimate of drug-likeness (QED) is 0.372. The van der Waals surface area contributed by atoms with Gasteiger partial charge in [0.1, 0.15) is 0 Å². The molecule has 1 unspecified atom stereocenters. The van der Waals surface area contributed by atoms with E-state index in [1.54, 1.807) is 0 Å². The van der Waals surface area contributed by atoms with E-state index in [0.29, 0.717) is 5.92 Å². The smallest absolute Gasteiger partial charge is 0.319 e. The molecule has 0 aromatic heterocycles. The van der Waals surface area contributed by atoms with E-state index in [9.17, 15) is 4.21 Å². The number of hydrogen-bond donors (Lipinski definition) is 6. The molecule has 0 aliphatic carbocycles.